The average molecular weight is 278 g/mol. The molecule has 3 N–H and O–H groups in total. The SMILES string of the molecule is Cc1cc(Nc2cccc(F)c2F)ccc1C(N)=S. The highest BCUT2D eigenvalue weighted by Crippen LogP contribution is 2.23. The maximum absolute atomic E-state index is 13.5. The smallest absolute Gasteiger partial charge is 0.182 e. The van der Waals surface area contributed by atoms with Gasteiger partial charge in [-0.25, -0.2) is 8.78 Å². The molecule has 2 nitrogen and oxygen atoms in total. The van der Waals surface area contributed by atoms with E-state index in [1.807, 2.05) is 6.92 Å². The minimum atomic E-state index is -0.904. The van der Waals surface area contributed by atoms with E-state index in [4.69, 9.17) is 18.0 Å². The van der Waals surface area contributed by atoms with E-state index in [1.54, 1.807) is 18.2 Å². The van der Waals surface area contributed by atoms with E-state index in [9.17, 15) is 8.78 Å². The molecule has 0 heterocycles. The molecule has 0 bridgehead atoms. The van der Waals surface area contributed by atoms with E-state index in [2.05, 4.69) is 5.32 Å². The maximum Gasteiger partial charge on any atom is 0.182 e. The second-order valence-corrected chi connectivity index (χ2v) is 4.56. The molecular weight excluding hydrogens is 266 g/mol. The van der Waals surface area contributed by atoms with Gasteiger partial charge in [0.1, 0.15) is 4.99 Å². The van der Waals surface area contributed by atoms with Gasteiger partial charge in [-0.3, -0.25) is 0 Å². The van der Waals surface area contributed by atoms with Gasteiger partial charge in [-0.2, -0.15) is 0 Å². The Morgan fingerprint density at radius 3 is 2.58 bits per heavy atom. The van der Waals surface area contributed by atoms with Crippen molar-refractivity contribution in [2.75, 3.05) is 5.32 Å². The van der Waals surface area contributed by atoms with Crippen LogP contribution in [-0.2, 0) is 0 Å². The molecule has 0 spiro atoms. The lowest BCUT2D eigenvalue weighted by molar-refractivity contribution is 0.512. The Balaban J connectivity index is 2.32. The van der Waals surface area contributed by atoms with Crippen LogP contribution in [0.25, 0.3) is 0 Å². The van der Waals surface area contributed by atoms with Crippen LogP contribution >= 0.6 is 12.2 Å². The molecule has 19 heavy (non-hydrogen) atoms. The molecule has 2 aromatic rings. The van der Waals surface area contributed by atoms with Crippen LogP contribution in [0.1, 0.15) is 11.1 Å². The van der Waals surface area contributed by atoms with E-state index in [-0.39, 0.29) is 5.69 Å². The van der Waals surface area contributed by atoms with E-state index < -0.39 is 11.6 Å². The predicted molar refractivity (Wildman–Crippen MR) is 76.7 cm³/mol. The number of hydrogen-bond acceptors (Lipinski definition) is 2. The van der Waals surface area contributed by atoms with Crippen molar-refractivity contribution in [1.29, 1.82) is 0 Å². The van der Waals surface area contributed by atoms with Crippen LogP contribution in [0.5, 0.6) is 0 Å². The van der Waals surface area contributed by atoms with E-state index in [0.29, 0.717) is 10.7 Å². The number of hydrogen-bond donors (Lipinski definition) is 2. The number of thiocarbonyl (C=S) groups is 1. The molecule has 0 aliphatic rings. The molecule has 0 aliphatic heterocycles. The Morgan fingerprint density at radius 1 is 1.21 bits per heavy atom. The first-order chi connectivity index (χ1) is 8.99. The zero-order valence-electron chi connectivity index (χ0n) is 10.2. The predicted octanol–water partition coefficient (Wildman–Crippen LogP) is 3.65. The molecule has 98 valence electrons. The highest BCUT2D eigenvalue weighted by atomic mass is 32.1. The third kappa shape index (κ3) is 2.88. The first-order valence-electron chi connectivity index (χ1n) is 5.60. The molecule has 2 rings (SSSR count). The standard InChI is InChI=1S/C14H12F2N2S/c1-8-7-9(5-6-10(8)14(17)19)18-12-4-2-3-11(15)13(12)16/h2-7,18H,1H3,(H2,17,19). The first-order valence-corrected chi connectivity index (χ1v) is 6.01. The summed E-state index contributed by atoms with van der Waals surface area (Å²) in [6.45, 7) is 1.85. The summed E-state index contributed by atoms with van der Waals surface area (Å²) < 4.78 is 26.6. The summed E-state index contributed by atoms with van der Waals surface area (Å²) in [5, 5.41) is 2.82. The zero-order valence-corrected chi connectivity index (χ0v) is 11.0. The normalized spacial score (nSPS) is 10.3. The van der Waals surface area contributed by atoms with Gasteiger partial charge in [-0.15, -0.1) is 0 Å². The Labute approximate surface area is 115 Å². The zero-order chi connectivity index (χ0) is 14.0. The van der Waals surface area contributed by atoms with Crippen LogP contribution in [0.4, 0.5) is 20.2 Å². The molecular formula is C14H12F2N2S. The fraction of sp³-hybridized carbons (Fsp3) is 0.0714. The number of halogens is 2. The molecule has 0 radical (unpaired) electrons. The van der Waals surface area contributed by atoms with Crippen LogP contribution in [0.3, 0.4) is 0 Å². The highest BCUT2D eigenvalue weighted by Gasteiger charge is 2.08. The van der Waals surface area contributed by atoms with Crippen molar-refractivity contribution in [2.24, 2.45) is 5.73 Å². The lowest BCUT2D eigenvalue weighted by atomic mass is 10.1. The fourth-order valence-electron chi connectivity index (χ4n) is 1.77. The number of rotatable bonds is 3. The summed E-state index contributed by atoms with van der Waals surface area (Å²) in [7, 11) is 0. The summed E-state index contributed by atoms with van der Waals surface area (Å²) in [6, 6.07) is 9.22. The van der Waals surface area contributed by atoms with Crippen molar-refractivity contribution in [2.45, 2.75) is 6.92 Å². The van der Waals surface area contributed by atoms with Gasteiger partial charge in [0.2, 0.25) is 0 Å². The minimum Gasteiger partial charge on any atom is -0.389 e. The van der Waals surface area contributed by atoms with Crippen molar-refractivity contribution >= 4 is 28.6 Å². The highest BCUT2D eigenvalue weighted by molar-refractivity contribution is 7.80. The van der Waals surface area contributed by atoms with Gasteiger partial charge in [-0.1, -0.05) is 18.3 Å². The third-order valence-corrected chi connectivity index (χ3v) is 2.94. The van der Waals surface area contributed by atoms with Crippen molar-refractivity contribution < 1.29 is 8.78 Å². The average Bonchev–Trinajstić information content (AvgIpc) is 2.34. The number of benzene rings is 2. The molecule has 5 heteroatoms. The molecule has 2 aromatic carbocycles. The summed E-state index contributed by atoms with van der Waals surface area (Å²) >= 11 is 4.91. The maximum atomic E-state index is 13.5. The lowest BCUT2D eigenvalue weighted by Gasteiger charge is -2.10. The molecule has 0 saturated carbocycles. The Kier molecular flexibility index (Phi) is 3.76. The molecule has 0 unspecified atom stereocenters. The molecule has 0 amide bonds. The van der Waals surface area contributed by atoms with Gasteiger partial charge in [-0.05, 0) is 42.8 Å². The molecule has 0 aromatic heterocycles. The summed E-state index contributed by atoms with van der Waals surface area (Å²) in [4.78, 5) is 0.306. The van der Waals surface area contributed by atoms with E-state index in [1.165, 1.54) is 12.1 Å². The van der Waals surface area contributed by atoms with Gasteiger partial charge in [0.05, 0.1) is 5.69 Å². The van der Waals surface area contributed by atoms with Gasteiger partial charge < -0.3 is 11.1 Å². The minimum absolute atomic E-state index is 0.0856. The second-order valence-electron chi connectivity index (χ2n) is 4.12. The molecule has 0 saturated heterocycles. The van der Waals surface area contributed by atoms with Crippen LogP contribution in [0.2, 0.25) is 0 Å². The topological polar surface area (TPSA) is 38.0 Å². The van der Waals surface area contributed by atoms with Crippen molar-refractivity contribution in [3.05, 3.63) is 59.2 Å². The summed E-state index contributed by atoms with van der Waals surface area (Å²) in [6.07, 6.45) is 0. The van der Waals surface area contributed by atoms with Crippen molar-refractivity contribution in [1.82, 2.24) is 0 Å². The Hall–Kier alpha value is -2.01. The Bertz CT molecular complexity index is 641. The number of nitrogens with one attached hydrogen (secondary N) is 1. The van der Waals surface area contributed by atoms with Gasteiger partial charge in [0.15, 0.2) is 11.6 Å². The largest absolute Gasteiger partial charge is 0.389 e. The van der Waals surface area contributed by atoms with E-state index >= 15 is 0 Å². The van der Waals surface area contributed by atoms with Gasteiger partial charge in [0.25, 0.3) is 0 Å². The van der Waals surface area contributed by atoms with Crippen LogP contribution in [-0.4, -0.2) is 4.99 Å². The van der Waals surface area contributed by atoms with E-state index in [0.717, 1.165) is 17.2 Å². The lowest BCUT2D eigenvalue weighted by Crippen LogP contribution is -2.11. The monoisotopic (exact) mass is 278 g/mol. The van der Waals surface area contributed by atoms with Crippen LogP contribution < -0.4 is 11.1 Å². The van der Waals surface area contributed by atoms with Crippen LogP contribution in [0, 0.1) is 18.6 Å². The van der Waals surface area contributed by atoms with Gasteiger partial charge in [0, 0.05) is 11.3 Å². The second kappa shape index (κ2) is 5.32. The quantitative estimate of drug-likeness (QED) is 0.842. The fourth-order valence-corrected chi connectivity index (χ4v) is 2.00. The van der Waals surface area contributed by atoms with Crippen molar-refractivity contribution in [3.63, 3.8) is 0 Å². The Morgan fingerprint density at radius 2 is 1.95 bits per heavy atom. The van der Waals surface area contributed by atoms with Crippen LogP contribution in [0.15, 0.2) is 36.4 Å². The summed E-state index contributed by atoms with van der Waals surface area (Å²) in [5.41, 5.74) is 7.92. The third-order valence-electron chi connectivity index (χ3n) is 2.72. The first kappa shape index (κ1) is 13.4. The number of anilines is 2. The van der Waals surface area contributed by atoms with Gasteiger partial charge >= 0.3 is 0 Å². The molecule has 0 atom stereocenters. The molecule has 0 fully saturated rings. The number of aryl methyl sites for hydroxylation is 1. The summed E-state index contributed by atoms with van der Waals surface area (Å²) in [5.74, 6) is -1.79. The van der Waals surface area contributed by atoms with Crippen molar-refractivity contribution in [3.8, 4) is 0 Å². The number of nitrogens with two attached hydrogens (primary N) is 1. The molecule has 0 aliphatic carbocycles.